The monoisotopic (exact) mass is 554 g/mol. The van der Waals surface area contributed by atoms with Crippen LogP contribution in [0.4, 0.5) is 4.79 Å². The summed E-state index contributed by atoms with van der Waals surface area (Å²) in [5.41, 5.74) is 8.78. The molecule has 1 unspecified atom stereocenters. The first-order chi connectivity index (χ1) is 18.8. The number of rotatable bonds is 10. The molecule has 1 atom stereocenters. The highest BCUT2D eigenvalue weighted by Crippen LogP contribution is 2.36. The molecule has 1 aromatic carbocycles. The van der Waals surface area contributed by atoms with Gasteiger partial charge in [-0.25, -0.2) is 4.79 Å². The zero-order valence-corrected chi connectivity index (χ0v) is 25.1. The predicted molar refractivity (Wildman–Crippen MR) is 164 cm³/mol. The summed E-state index contributed by atoms with van der Waals surface area (Å²) in [4.78, 5) is 19.5. The van der Waals surface area contributed by atoms with Gasteiger partial charge < -0.3 is 25.1 Å². The minimum atomic E-state index is -0.440. The Kier molecular flexibility index (Phi) is 12.5. The molecule has 1 aromatic heterocycles. The van der Waals surface area contributed by atoms with E-state index in [1.165, 1.54) is 28.9 Å². The lowest BCUT2D eigenvalue weighted by molar-refractivity contribution is 0.177. The molecule has 0 saturated heterocycles. The molecule has 4 rings (SSSR count). The maximum atomic E-state index is 12.6. The van der Waals surface area contributed by atoms with E-state index >= 15 is 0 Å². The Morgan fingerprint density at radius 2 is 2.03 bits per heavy atom. The SMILES string of the molecule is C/C=C(/NC(=O)OC1=CC(Oc2cccc3[nH]cc(CCN(C)C)c23)CC1)SC1=C(C)CCCC1.CCCN. The van der Waals surface area contributed by atoms with Crippen molar-refractivity contribution < 1.29 is 14.3 Å². The Bertz CT molecular complexity index is 1180. The number of ether oxygens (including phenoxy) is 2. The molecule has 2 aliphatic carbocycles. The number of benzene rings is 1. The van der Waals surface area contributed by atoms with E-state index in [1.807, 2.05) is 31.2 Å². The Morgan fingerprint density at radius 1 is 1.26 bits per heavy atom. The van der Waals surface area contributed by atoms with Crippen molar-refractivity contribution in [1.29, 1.82) is 0 Å². The number of hydrogen-bond donors (Lipinski definition) is 3. The maximum absolute atomic E-state index is 12.6. The molecule has 0 fully saturated rings. The lowest BCUT2D eigenvalue weighted by atomic mass is 10.0. The second kappa shape index (κ2) is 15.8. The second-order valence-electron chi connectivity index (χ2n) is 10.3. The molecule has 0 radical (unpaired) electrons. The van der Waals surface area contributed by atoms with Gasteiger partial charge in [0.1, 0.15) is 17.6 Å². The highest BCUT2D eigenvalue weighted by atomic mass is 32.2. The van der Waals surface area contributed by atoms with E-state index in [2.05, 4.69) is 55.4 Å². The number of H-pyrrole nitrogens is 1. The average Bonchev–Trinajstić information content (AvgIpc) is 3.55. The van der Waals surface area contributed by atoms with Crippen molar-refractivity contribution in [3.05, 3.63) is 63.4 Å². The van der Waals surface area contributed by atoms with Crippen LogP contribution < -0.4 is 15.8 Å². The summed E-state index contributed by atoms with van der Waals surface area (Å²) in [6.45, 7) is 7.98. The molecule has 214 valence electrons. The number of allylic oxidation sites excluding steroid dienone is 4. The molecule has 1 amide bonds. The molecule has 0 bridgehead atoms. The smallest absolute Gasteiger partial charge is 0.417 e. The Balaban J connectivity index is 0.000000983. The summed E-state index contributed by atoms with van der Waals surface area (Å²) >= 11 is 1.65. The summed E-state index contributed by atoms with van der Waals surface area (Å²) in [7, 11) is 4.17. The first-order valence-corrected chi connectivity index (χ1v) is 15.0. The fourth-order valence-corrected chi connectivity index (χ4v) is 5.60. The van der Waals surface area contributed by atoms with Gasteiger partial charge in [0.25, 0.3) is 0 Å². The Hall–Kier alpha value is -2.68. The number of nitrogens with two attached hydrogens (primary N) is 1. The topological polar surface area (TPSA) is 92.6 Å². The van der Waals surface area contributed by atoms with Crippen molar-refractivity contribution in [3.63, 3.8) is 0 Å². The van der Waals surface area contributed by atoms with Crippen LogP contribution in [-0.4, -0.2) is 49.3 Å². The number of alkyl carbamates (subject to hydrolysis) is 1. The van der Waals surface area contributed by atoms with Crippen LogP contribution >= 0.6 is 11.8 Å². The summed E-state index contributed by atoms with van der Waals surface area (Å²) in [6, 6.07) is 6.10. The molecule has 0 spiro atoms. The van der Waals surface area contributed by atoms with Crippen molar-refractivity contribution in [2.24, 2.45) is 5.73 Å². The van der Waals surface area contributed by atoms with Crippen LogP contribution in [0.2, 0.25) is 0 Å². The molecular weight excluding hydrogens is 508 g/mol. The highest BCUT2D eigenvalue weighted by Gasteiger charge is 2.23. The first-order valence-electron chi connectivity index (χ1n) is 14.2. The van der Waals surface area contributed by atoms with Crippen molar-refractivity contribution in [2.75, 3.05) is 27.2 Å². The van der Waals surface area contributed by atoms with E-state index in [-0.39, 0.29) is 6.10 Å². The van der Waals surface area contributed by atoms with Crippen molar-refractivity contribution in [1.82, 2.24) is 15.2 Å². The van der Waals surface area contributed by atoms with Gasteiger partial charge in [0, 0.05) is 30.1 Å². The molecule has 7 nitrogen and oxygen atoms in total. The molecule has 8 heteroatoms. The summed E-state index contributed by atoms with van der Waals surface area (Å²) in [5, 5.41) is 4.87. The number of nitrogens with zero attached hydrogens (tertiary/aromatic N) is 1. The van der Waals surface area contributed by atoms with Crippen LogP contribution in [0, 0.1) is 0 Å². The zero-order chi connectivity index (χ0) is 28.2. The zero-order valence-electron chi connectivity index (χ0n) is 24.3. The normalized spacial score (nSPS) is 17.7. The maximum Gasteiger partial charge on any atom is 0.417 e. The number of hydrogen-bond acceptors (Lipinski definition) is 6. The molecule has 39 heavy (non-hydrogen) atoms. The number of likely N-dealkylation sites (N-methyl/N-ethyl adjacent to an activating group) is 1. The molecule has 0 aliphatic heterocycles. The van der Waals surface area contributed by atoms with E-state index in [4.69, 9.17) is 15.2 Å². The van der Waals surface area contributed by atoms with E-state index in [0.717, 1.165) is 66.9 Å². The lowest BCUT2D eigenvalue weighted by Crippen LogP contribution is -2.22. The van der Waals surface area contributed by atoms with Gasteiger partial charge in [-0.1, -0.05) is 36.4 Å². The van der Waals surface area contributed by atoms with Gasteiger partial charge in [0.2, 0.25) is 0 Å². The van der Waals surface area contributed by atoms with E-state index in [0.29, 0.717) is 12.2 Å². The van der Waals surface area contributed by atoms with E-state index < -0.39 is 6.09 Å². The van der Waals surface area contributed by atoms with Crippen LogP contribution in [0.25, 0.3) is 10.9 Å². The van der Waals surface area contributed by atoms with Gasteiger partial charge >= 0.3 is 6.09 Å². The van der Waals surface area contributed by atoms with Crippen molar-refractivity contribution in [3.8, 4) is 5.75 Å². The fourth-order valence-electron chi connectivity index (χ4n) is 4.56. The van der Waals surface area contributed by atoms with Crippen LogP contribution in [0.15, 0.2) is 57.8 Å². The second-order valence-corrected chi connectivity index (χ2v) is 11.5. The van der Waals surface area contributed by atoms with E-state index in [9.17, 15) is 4.79 Å². The average molecular weight is 555 g/mol. The Morgan fingerprint density at radius 3 is 2.72 bits per heavy atom. The minimum Gasteiger partial charge on any atom is -0.485 e. The number of amides is 1. The standard InChI is InChI=1S/C28H37N3O3S.C3H9N/c1-5-26(35-25-12-7-6-9-19(25)2)30-28(32)34-22-14-13-21(17-22)33-24-11-8-10-23-27(24)20(18-29-23)15-16-31(3)4;1-2-3-4/h5,8,10-11,17-18,21,29H,6-7,9,12-16H2,1-4H3,(H,30,32);2-4H2,1H3/b26-5-;. The third-order valence-electron chi connectivity index (χ3n) is 6.82. The number of nitrogens with one attached hydrogen (secondary N) is 2. The quantitative estimate of drug-likeness (QED) is 0.287. The number of aromatic amines is 1. The predicted octanol–water partition coefficient (Wildman–Crippen LogP) is 7.22. The number of thioether (sulfide) groups is 1. The van der Waals surface area contributed by atoms with Crippen LogP contribution in [0.1, 0.15) is 71.3 Å². The third kappa shape index (κ3) is 9.48. The van der Waals surface area contributed by atoms with Crippen molar-refractivity contribution in [2.45, 2.75) is 78.2 Å². The third-order valence-corrected chi connectivity index (χ3v) is 8.17. The summed E-state index contributed by atoms with van der Waals surface area (Å²) in [6.07, 6.45) is 13.6. The number of carbonyl (C=O) groups excluding carboxylic acids is 1. The van der Waals surface area contributed by atoms with Crippen LogP contribution in [0.3, 0.4) is 0 Å². The number of fused-ring (bicyclic) bond motifs is 1. The van der Waals surface area contributed by atoms with Gasteiger partial charge in [-0.3, -0.25) is 5.32 Å². The van der Waals surface area contributed by atoms with Gasteiger partial charge in [-0.2, -0.15) is 0 Å². The van der Waals surface area contributed by atoms with Gasteiger partial charge in [-0.15, -0.1) is 0 Å². The van der Waals surface area contributed by atoms with Gasteiger partial charge in [0.05, 0.1) is 5.03 Å². The first kappa shape index (κ1) is 30.9. The highest BCUT2D eigenvalue weighted by molar-refractivity contribution is 8.06. The van der Waals surface area contributed by atoms with Crippen molar-refractivity contribution >= 4 is 28.8 Å². The summed E-state index contributed by atoms with van der Waals surface area (Å²) < 4.78 is 12.0. The van der Waals surface area contributed by atoms with E-state index in [1.54, 1.807) is 11.8 Å². The minimum absolute atomic E-state index is 0.120. The summed E-state index contributed by atoms with van der Waals surface area (Å²) in [5.74, 6) is 1.53. The number of carbonyl (C=O) groups is 1. The molecule has 2 aliphatic rings. The largest absolute Gasteiger partial charge is 0.485 e. The van der Waals surface area contributed by atoms with Crippen LogP contribution in [0.5, 0.6) is 5.75 Å². The molecular formula is C31H46N4O3S. The fraction of sp³-hybridized carbons (Fsp3) is 0.516. The van der Waals surface area contributed by atoms with Gasteiger partial charge in [-0.05, 0) is 108 Å². The number of aromatic nitrogens is 1. The Labute approximate surface area is 238 Å². The van der Waals surface area contributed by atoms with Crippen LogP contribution in [-0.2, 0) is 11.2 Å². The van der Waals surface area contributed by atoms with Gasteiger partial charge in [0.15, 0.2) is 0 Å². The molecule has 0 saturated carbocycles. The molecule has 4 N–H and O–H groups in total. The molecule has 2 aromatic rings. The molecule has 1 heterocycles. The lowest BCUT2D eigenvalue weighted by Gasteiger charge is -2.18.